The van der Waals surface area contributed by atoms with E-state index >= 15 is 0 Å². The van der Waals surface area contributed by atoms with Crippen LogP contribution in [0.25, 0.3) is 0 Å². The van der Waals surface area contributed by atoms with E-state index in [4.69, 9.17) is 0 Å². The van der Waals surface area contributed by atoms with Crippen molar-refractivity contribution in [3.05, 3.63) is 23.9 Å². The van der Waals surface area contributed by atoms with Gasteiger partial charge in [0.05, 0.1) is 0 Å². The van der Waals surface area contributed by atoms with Crippen molar-refractivity contribution in [3.63, 3.8) is 0 Å². The van der Waals surface area contributed by atoms with Crippen LogP contribution in [-0.2, 0) is 0 Å². The van der Waals surface area contributed by atoms with E-state index in [1.54, 1.807) is 0 Å². The summed E-state index contributed by atoms with van der Waals surface area (Å²) in [4.78, 5) is 11.4. The average Bonchev–Trinajstić information content (AvgIpc) is 2.59. The first-order valence-corrected chi connectivity index (χ1v) is 9.87. The van der Waals surface area contributed by atoms with E-state index in [0.717, 1.165) is 49.9 Å². The summed E-state index contributed by atoms with van der Waals surface area (Å²) in [5, 5.41) is 7.02. The molecule has 0 aliphatic carbocycles. The fourth-order valence-electron chi connectivity index (χ4n) is 2.71. The number of nitrogens with zero attached hydrogens (tertiary/aromatic N) is 3. The summed E-state index contributed by atoms with van der Waals surface area (Å²) in [6.45, 7) is 9.49. The van der Waals surface area contributed by atoms with E-state index in [9.17, 15) is 0 Å². The average molecular weight is 477 g/mol. The fraction of sp³-hybridized carbons (Fsp3) is 0.667. The highest BCUT2D eigenvalue weighted by Gasteiger charge is 2.22. The highest BCUT2D eigenvalue weighted by atomic mass is 127. The Kier molecular flexibility index (Phi) is 9.34. The number of aliphatic imine (C=N–C) groups is 1. The largest absolute Gasteiger partial charge is 0.356 e. The minimum absolute atomic E-state index is 0. The first-order valence-electron chi connectivity index (χ1n) is 8.64. The molecule has 1 aromatic heterocycles. The van der Waals surface area contributed by atoms with Crippen LogP contribution in [0.4, 0.5) is 5.82 Å². The molecule has 2 N–H and O–H groups in total. The summed E-state index contributed by atoms with van der Waals surface area (Å²) in [6, 6.07) is 6.70. The monoisotopic (exact) mass is 477 g/mol. The number of thioether (sulfide) groups is 1. The molecular formula is C18H32IN5S. The van der Waals surface area contributed by atoms with E-state index in [0.29, 0.717) is 6.04 Å². The van der Waals surface area contributed by atoms with Crippen LogP contribution in [-0.4, -0.2) is 54.7 Å². The maximum Gasteiger partial charge on any atom is 0.191 e. The molecule has 1 aliphatic rings. The van der Waals surface area contributed by atoms with E-state index in [2.05, 4.69) is 57.7 Å². The molecule has 0 saturated carbocycles. The topological polar surface area (TPSA) is 52.6 Å². The third kappa shape index (κ3) is 7.21. The summed E-state index contributed by atoms with van der Waals surface area (Å²) in [7, 11) is 1.84. The van der Waals surface area contributed by atoms with E-state index in [-0.39, 0.29) is 28.7 Å². The van der Waals surface area contributed by atoms with Crippen molar-refractivity contribution in [1.29, 1.82) is 0 Å². The van der Waals surface area contributed by atoms with Gasteiger partial charge in [-0.1, -0.05) is 6.07 Å². The lowest BCUT2D eigenvalue weighted by atomic mass is 10.1. The zero-order chi connectivity index (χ0) is 17.6. The summed E-state index contributed by atoms with van der Waals surface area (Å²) in [5.41, 5.74) is 1.08. The Balaban J connectivity index is 0.00000312. The third-order valence-electron chi connectivity index (χ3n) is 4.49. The molecule has 1 aromatic rings. The number of anilines is 1. The molecule has 0 aromatic carbocycles. The fourth-order valence-corrected chi connectivity index (χ4v) is 2.93. The Bertz CT molecular complexity index is 556. The molecule has 0 atom stereocenters. The van der Waals surface area contributed by atoms with E-state index in [1.807, 2.05) is 31.8 Å². The Labute approximate surface area is 173 Å². The third-order valence-corrected chi connectivity index (χ3v) is 5.74. The molecule has 0 bridgehead atoms. The summed E-state index contributed by atoms with van der Waals surface area (Å²) >= 11 is 1.87. The van der Waals surface area contributed by atoms with Gasteiger partial charge in [0.1, 0.15) is 5.82 Å². The first kappa shape index (κ1) is 22.3. The molecule has 5 nitrogen and oxygen atoms in total. The number of hydrogen-bond donors (Lipinski definition) is 2. The number of aryl methyl sites for hydroxylation is 1. The van der Waals surface area contributed by atoms with Gasteiger partial charge in [0.15, 0.2) is 5.96 Å². The van der Waals surface area contributed by atoms with Gasteiger partial charge in [-0.2, -0.15) is 11.8 Å². The molecule has 1 fully saturated rings. The second-order valence-corrected chi connectivity index (χ2v) is 8.45. The molecule has 2 rings (SSSR count). The first-order chi connectivity index (χ1) is 11.4. The van der Waals surface area contributed by atoms with Crippen molar-refractivity contribution in [1.82, 2.24) is 15.6 Å². The van der Waals surface area contributed by atoms with Crippen LogP contribution in [0.1, 0.15) is 32.4 Å². The molecule has 0 amide bonds. The van der Waals surface area contributed by atoms with Crippen LogP contribution in [0, 0.1) is 6.92 Å². The van der Waals surface area contributed by atoms with Gasteiger partial charge in [-0.15, -0.1) is 24.0 Å². The number of guanidine groups is 1. The van der Waals surface area contributed by atoms with Gasteiger partial charge in [0, 0.05) is 43.2 Å². The molecule has 1 saturated heterocycles. The Morgan fingerprint density at radius 1 is 1.36 bits per heavy atom. The number of hydrogen-bond acceptors (Lipinski definition) is 4. The zero-order valence-electron chi connectivity index (χ0n) is 16.0. The number of aromatic nitrogens is 1. The minimum atomic E-state index is 0. The van der Waals surface area contributed by atoms with Gasteiger partial charge >= 0.3 is 0 Å². The molecule has 142 valence electrons. The van der Waals surface area contributed by atoms with Gasteiger partial charge in [-0.05, 0) is 52.0 Å². The van der Waals surface area contributed by atoms with E-state index in [1.165, 1.54) is 0 Å². The van der Waals surface area contributed by atoms with Crippen molar-refractivity contribution in [2.45, 2.75) is 44.4 Å². The molecule has 0 unspecified atom stereocenters. The number of rotatable bonds is 5. The van der Waals surface area contributed by atoms with Crippen LogP contribution in [0.15, 0.2) is 23.2 Å². The van der Waals surface area contributed by atoms with Gasteiger partial charge in [-0.3, -0.25) is 4.99 Å². The van der Waals surface area contributed by atoms with Gasteiger partial charge < -0.3 is 15.5 Å². The van der Waals surface area contributed by atoms with Crippen molar-refractivity contribution in [2.24, 2.45) is 4.99 Å². The standard InChI is InChI=1S/C18H31N5S.HI/c1-14-7-6-8-16(21-14)23-11-9-15(10-12-23)22-17(19-4)20-13-18(2,3)24-5;/h6-8,15H,9-13H2,1-5H3,(H2,19,20,22);1H. The molecule has 0 radical (unpaired) electrons. The second kappa shape index (κ2) is 10.4. The predicted octanol–water partition coefficient (Wildman–Crippen LogP) is 3.28. The molecule has 1 aliphatic heterocycles. The smallest absolute Gasteiger partial charge is 0.191 e. The van der Waals surface area contributed by atoms with Gasteiger partial charge in [0.2, 0.25) is 0 Å². The van der Waals surface area contributed by atoms with Crippen molar-refractivity contribution in [2.75, 3.05) is 37.8 Å². The van der Waals surface area contributed by atoms with Crippen LogP contribution in [0.3, 0.4) is 0 Å². The van der Waals surface area contributed by atoms with Crippen molar-refractivity contribution >= 4 is 47.5 Å². The molecule has 0 spiro atoms. The Morgan fingerprint density at radius 3 is 2.60 bits per heavy atom. The highest BCUT2D eigenvalue weighted by Crippen LogP contribution is 2.20. The maximum absolute atomic E-state index is 4.63. The number of halogens is 1. The lowest BCUT2D eigenvalue weighted by molar-refractivity contribution is 0.458. The Hall–Kier alpha value is -0.700. The van der Waals surface area contributed by atoms with Crippen LogP contribution < -0.4 is 15.5 Å². The molecular weight excluding hydrogens is 445 g/mol. The SMILES string of the molecule is CN=C(NCC(C)(C)SC)NC1CCN(c2cccc(C)n2)CC1.I. The number of nitrogens with one attached hydrogen (secondary N) is 2. The summed E-state index contributed by atoms with van der Waals surface area (Å²) in [5.74, 6) is 2.00. The van der Waals surface area contributed by atoms with Crippen molar-refractivity contribution < 1.29 is 0 Å². The number of piperidine rings is 1. The lowest BCUT2D eigenvalue weighted by Crippen LogP contribution is -2.50. The number of pyridine rings is 1. The van der Waals surface area contributed by atoms with Gasteiger partial charge in [-0.25, -0.2) is 4.98 Å². The minimum Gasteiger partial charge on any atom is -0.356 e. The molecule has 2 heterocycles. The Morgan fingerprint density at radius 2 is 2.04 bits per heavy atom. The quantitative estimate of drug-likeness (QED) is 0.388. The summed E-state index contributed by atoms with van der Waals surface area (Å²) < 4.78 is 0.206. The lowest BCUT2D eigenvalue weighted by Gasteiger charge is -2.34. The van der Waals surface area contributed by atoms with Crippen LogP contribution in [0.2, 0.25) is 0 Å². The summed E-state index contributed by atoms with van der Waals surface area (Å²) in [6.07, 6.45) is 4.34. The normalized spacial score (nSPS) is 16.4. The maximum atomic E-state index is 4.63. The predicted molar refractivity (Wildman–Crippen MR) is 122 cm³/mol. The zero-order valence-corrected chi connectivity index (χ0v) is 19.1. The van der Waals surface area contributed by atoms with E-state index < -0.39 is 0 Å². The highest BCUT2D eigenvalue weighted by molar-refractivity contribution is 14.0. The van der Waals surface area contributed by atoms with Crippen LogP contribution >= 0.6 is 35.7 Å². The molecule has 7 heteroatoms. The molecule has 25 heavy (non-hydrogen) atoms. The van der Waals surface area contributed by atoms with Crippen molar-refractivity contribution in [3.8, 4) is 0 Å². The van der Waals surface area contributed by atoms with Gasteiger partial charge in [0.25, 0.3) is 0 Å². The second-order valence-electron chi connectivity index (χ2n) is 6.93. The van der Waals surface area contributed by atoms with Crippen LogP contribution in [0.5, 0.6) is 0 Å².